The maximum atomic E-state index is 13.0. The van der Waals surface area contributed by atoms with E-state index in [9.17, 15) is 9.18 Å². The molecular formula is C14H10FN3O. The van der Waals surface area contributed by atoms with Crippen LogP contribution in [0.25, 0.3) is 0 Å². The lowest BCUT2D eigenvalue weighted by Crippen LogP contribution is -2.27. The van der Waals surface area contributed by atoms with Crippen molar-refractivity contribution in [1.82, 2.24) is 10.3 Å². The molecule has 4 nitrogen and oxygen atoms in total. The van der Waals surface area contributed by atoms with Crippen LogP contribution in [0.5, 0.6) is 0 Å². The number of halogens is 1. The summed E-state index contributed by atoms with van der Waals surface area (Å²) in [5.74, 6) is -1.00. The quantitative estimate of drug-likeness (QED) is 0.914. The molecule has 5 heteroatoms. The third-order valence-electron chi connectivity index (χ3n) is 2.51. The van der Waals surface area contributed by atoms with Gasteiger partial charge in [-0.3, -0.25) is 9.78 Å². The van der Waals surface area contributed by atoms with Crippen molar-refractivity contribution in [2.75, 3.05) is 0 Å². The van der Waals surface area contributed by atoms with E-state index in [2.05, 4.69) is 10.3 Å². The van der Waals surface area contributed by atoms with Crippen LogP contribution in [0.4, 0.5) is 4.39 Å². The lowest BCUT2D eigenvalue weighted by Gasteiger charge is -2.11. The molecule has 1 unspecified atom stereocenters. The van der Waals surface area contributed by atoms with E-state index in [1.54, 1.807) is 18.3 Å². The third-order valence-corrected chi connectivity index (χ3v) is 2.51. The SMILES string of the molecule is N#CC(NC(=O)c1cccc(F)c1)c1cccnc1. The Balaban J connectivity index is 2.16. The van der Waals surface area contributed by atoms with Gasteiger partial charge in [-0.15, -0.1) is 0 Å². The predicted octanol–water partition coefficient (Wildman–Crippen LogP) is 2.22. The summed E-state index contributed by atoms with van der Waals surface area (Å²) in [4.78, 5) is 15.8. The number of carbonyl (C=O) groups excluding carboxylic acids is 1. The van der Waals surface area contributed by atoms with E-state index in [0.29, 0.717) is 5.56 Å². The maximum absolute atomic E-state index is 13.0. The number of hydrogen-bond donors (Lipinski definition) is 1. The number of amides is 1. The summed E-state index contributed by atoms with van der Waals surface area (Å²) in [6.07, 6.45) is 3.08. The van der Waals surface area contributed by atoms with Gasteiger partial charge in [-0.1, -0.05) is 12.1 Å². The first-order valence-electron chi connectivity index (χ1n) is 5.56. The summed E-state index contributed by atoms with van der Waals surface area (Å²) >= 11 is 0. The highest BCUT2D eigenvalue weighted by atomic mass is 19.1. The first-order chi connectivity index (χ1) is 9.20. The van der Waals surface area contributed by atoms with Crippen LogP contribution in [0, 0.1) is 17.1 Å². The lowest BCUT2D eigenvalue weighted by atomic mass is 10.1. The zero-order chi connectivity index (χ0) is 13.7. The molecule has 0 aliphatic rings. The number of pyridine rings is 1. The topological polar surface area (TPSA) is 65.8 Å². The highest BCUT2D eigenvalue weighted by molar-refractivity contribution is 5.94. The van der Waals surface area contributed by atoms with Crippen LogP contribution in [-0.2, 0) is 0 Å². The second-order valence-corrected chi connectivity index (χ2v) is 3.83. The molecule has 0 aliphatic carbocycles. The second-order valence-electron chi connectivity index (χ2n) is 3.83. The van der Waals surface area contributed by atoms with Crippen molar-refractivity contribution in [3.8, 4) is 6.07 Å². The van der Waals surface area contributed by atoms with Crippen LogP contribution < -0.4 is 5.32 Å². The van der Waals surface area contributed by atoms with Crippen molar-refractivity contribution in [1.29, 1.82) is 5.26 Å². The lowest BCUT2D eigenvalue weighted by molar-refractivity contribution is 0.0944. The summed E-state index contributed by atoms with van der Waals surface area (Å²) in [6, 6.07) is 9.80. The summed E-state index contributed by atoms with van der Waals surface area (Å²) in [5.41, 5.74) is 0.749. The Hall–Kier alpha value is -2.74. The summed E-state index contributed by atoms with van der Waals surface area (Å²) in [7, 11) is 0. The average molecular weight is 255 g/mol. The smallest absolute Gasteiger partial charge is 0.252 e. The highest BCUT2D eigenvalue weighted by Crippen LogP contribution is 2.11. The molecule has 0 saturated carbocycles. The molecule has 2 rings (SSSR count). The molecule has 0 bridgehead atoms. The fourth-order valence-corrected chi connectivity index (χ4v) is 1.58. The highest BCUT2D eigenvalue weighted by Gasteiger charge is 2.15. The normalized spacial score (nSPS) is 11.4. The Morgan fingerprint density at radius 1 is 1.37 bits per heavy atom. The summed E-state index contributed by atoms with van der Waals surface area (Å²) in [5, 5.41) is 11.6. The zero-order valence-electron chi connectivity index (χ0n) is 9.88. The average Bonchev–Trinajstić information content (AvgIpc) is 2.45. The van der Waals surface area contributed by atoms with Gasteiger partial charge in [-0.2, -0.15) is 5.26 Å². The van der Waals surface area contributed by atoms with E-state index in [4.69, 9.17) is 5.26 Å². The molecule has 1 atom stereocenters. The number of aromatic nitrogens is 1. The Morgan fingerprint density at radius 2 is 2.21 bits per heavy atom. The minimum absolute atomic E-state index is 0.171. The number of nitrogens with zero attached hydrogens (tertiary/aromatic N) is 2. The number of rotatable bonds is 3. The van der Waals surface area contributed by atoms with Crippen LogP contribution in [0.1, 0.15) is 22.0 Å². The molecule has 1 amide bonds. The van der Waals surface area contributed by atoms with Crippen molar-refractivity contribution in [3.63, 3.8) is 0 Å². The molecule has 1 aromatic carbocycles. The zero-order valence-corrected chi connectivity index (χ0v) is 9.88. The van der Waals surface area contributed by atoms with E-state index in [-0.39, 0.29) is 5.56 Å². The number of hydrogen-bond acceptors (Lipinski definition) is 3. The largest absolute Gasteiger partial charge is 0.332 e. The molecule has 1 heterocycles. The van der Waals surface area contributed by atoms with Gasteiger partial charge < -0.3 is 5.32 Å². The van der Waals surface area contributed by atoms with E-state index in [1.165, 1.54) is 24.4 Å². The minimum Gasteiger partial charge on any atom is -0.332 e. The molecule has 0 saturated heterocycles. The minimum atomic E-state index is -0.815. The number of carbonyl (C=O) groups is 1. The van der Waals surface area contributed by atoms with Crippen LogP contribution in [0.3, 0.4) is 0 Å². The molecule has 2 aromatic rings. The van der Waals surface area contributed by atoms with Crippen LogP contribution in [0.2, 0.25) is 0 Å². The molecule has 0 aliphatic heterocycles. The van der Waals surface area contributed by atoms with Crippen LogP contribution >= 0.6 is 0 Å². The second kappa shape index (κ2) is 5.74. The van der Waals surface area contributed by atoms with Crippen molar-refractivity contribution >= 4 is 5.91 Å². The summed E-state index contributed by atoms with van der Waals surface area (Å²) < 4.78 is 13.0. The number of benzene rings is 1. The van der Waals surface area contributed by atoms with E-state index in [0.717, 1.165) is 6.07 Å². The standard InChI is InChI=1S/C14H10FN3O/c15-12-5-1-3-10(7-12)14(19)18-13(8-16)11-4-2-6-17-9-11/h1-7,9,13H,(H,18,19). The van der Waals surface area contributed by atoms with Crippen molar-refractivity contribution in [3.05, 3.63) is 65.7 Å². The molecule has 1 N–H and O–H groups in total. The molecular weight excluding hydrogens is 245 g/mol. The molecule has 0 spiro atoms. The van der Waals surface area contributed by atoms with Gasteiger partial charge in [-0.05, 0) is 24.3 Å². The molecule has 0 radical (unpaired) electrons. The fourth-order valence-electron chi connectivity index (χ4n) is 1.58. The van der Waals surface area contributed by atoms with Crippen molar-refractivity contribution in [2.45, 2.75) is 6.04 Å². The Morgan fingerprint density at radius 3 is 2.84 bits per heavy atom. The maximum Gasteiger partial charge on any atom is 0.252 e. The monoisotopic (exact) mass is 255 g/mol. The number of nitrogens with one attached hydrogen (secondary N) is 1. The summed E-state index contributed by atoms with van der Waals surface area (Å²) in [6.45, 7) is 0. The Bertz CT molecular complexity index is 622. The van der Waals surface area contributed by atoms with E-state index < -0.39 is 17.8 Å². The number of nitriles is 1. The van der Waals surface area contributed by atoms with Gasteiger partial charge in [0.25, 0.3) is 5.91 Å². The molecule has 1 aromatic heterocycles. The van der Waals surface area contributed by atoms with Crippen molar-refractivity contribution in [2.24, 2.45) is 0 Å². The van der Waals surface area contributed by atoms with Gasteiger partial charge in [-0.25, -0.2) is 4.39 Å². The van der Waals surface area contributed by atoms with Gasteiger partial charge in [0.1, 0.15) is 11.9 Å². The molecule has 19 heavy (non-hydrogen) atoms. The van der Waals surface area contributed by atoms with Gasteiger partial charge >= 0.3 is 0 Å². The van der Waals surface area contributed by atoms with Gasteiger partial charge in [0.2, 0.25) is 0 Å². The van der Waals surface area contributed by atoms with Crippen LogP contribution in [-0.4, -0.2) is 10.9 Å². The predicted molar refractivity (Wildman–Crippen MR) is 66.5 cm³/mol. The Kier molecular flexibility index (Phi) is 3.84. The first-order valence-corrected chi connectivity index (χ1v) is 5.56. The van der Waals surface area contributed by atoms with E-state index in [1.807, 2.05) is 6.07 Å². The van der Waals surface area contributed by atoms with Gasteiger partial charge in [0.05, 0.1) is 6.07 Å². The molecule has 0 fully saturated rings. The fraction of sp³-hybridized carbons (Fsp3) is 0.0714. The van der Waals surface area contributed by atoms with Crippen LogP contribution in [0.15, 0.2) is 48.8 Å². The Labute approximate surface area is 109 Å². The third kappa shape index (κ3) is 3.13. The molecule has 94 valence electrons. The van der Waals surface area contributed by atoms with Crippen molar-refractivity contribution < 1.29 is 9.18 Å². The van der Waals surface area contributed by atoms with E-state index >= 15 is 0 Å². The first kappa shape index (κ1) is 12.7. The van der Waals surface area contributed by atoms with Gasteiger partial charge in [0.15, 0.2) is 0 Å². The van der Waals surface area contributed by atoms with Gasteiger partial charge in [0, 0.05) is 23.5 Å².